The first-order chi connectivity index (χ1) is 10.0. The Bertz CT molecular complexity index is 644. The number of hydrogen-bond donors (Lipinski definition) is 1. The fourth-order valence-electron chi connectivity index (χ4n) is 2.01. The number of halogens is 1. The van der Waals surface area contributed by atoms with Crippen LogP contribution in [0.4, 0.5) is 0 Å². The first kappa shape index (κ1) is 15.6. The lowest BCUT2D eigenvalue weighted by molar-refractivity contribution is -0.140. The highest BCUT2D eigenvalue weighted by atomic mass is 79.9. The average Bonchev–Trinajstić information content (AvgIpc) is 2.85. The van der Waals surface area contributed by atoms with Crippen LogP contribution >= 0.6 is 15.9 Å². The Morgan fingerprint density at radius 1 is 1.52 bits per heavy atom. The summed E-state index contributed by atoms with van der Waals surface area (Å²) >= 11 is 3.41. The predicted octanol–water partition coefficient (Wildman–Crippen LogP) is 1.90. The average molecular weight is 355 g/mol. The molecule has 1 heterocycles. The Hall–Kier alpha value is -1.80. The Morgan fingerprint density at radius 3 is 2.90 bits per heavy atom. The van der Waals surface area contributed by atoms with E-state index < -0.39 is 12.1 Å². The highest BCUT2D eigenvalue weighted by molar-refractivity contribution is 9.10. The van der Waals surface area contributed by atoms with Gasteiger partial charge >= 0.3 is 5.97 Å². The van der Waals surface area contributed by atoms with E-state index in [1.54, 1.807) is 4.68 Å². The van der Waals surface area contributed by atoms with Crippen molar-refractivity contribution in [3.63, 3.8) is 0 Å². The number of aromatic nitrogens is 4. The Morgan fingerprint density at radius 2 is 2.29 bits per heavy atom. The van der Waals surface area contributed by atoms with Gasteiger partial charge in [0.25, 0.3) is 0 Å². The molecule has 0 aliphatic heterocycles. The number of rotatable bonds is 6. The number of methoxy groups -OCH3 is 1. The third-order valence-electron chi connectivity index (χ3n) is 3.07. The van der Waals surface area contributed by atoms with Gasteiger partial charge in [-0.15, -0.1) is 5.10 Å². The van der Waals surface area contributed by atoms with Crippen LogP contribution in [0.3, 0.4) is 0 Å². The van der Waals surface area contributed by atoms with Crippen LogP contribution in [0.2, 0.25) is 0 Å². The molecule has 7 nitrogen and oxygen atoms in total. The number of benzene rings is 1. The normalized spacial score (nSPS) is 12.3. The molecule has 0 amide bonds. The number of nitrogens with zero attached hydrogens (tertiary/aromatic N) is 4. The topological polar surface area (TPSA) is 90.1 Å². The van der Waals surface area contributed by atoms with E-state index in [1.807, 2.05) is 25.1 Å². The van der Waals surface area contributed by atoms with Gasteiger partial charge < -0.3 is 9.84 Å². The van der Waals surface area contributed by atoms with Gasteiger partial charge in [-0.05, 0) is 41.1 Å². The van der Waals surface area contributed by atoms with Crippen LogP contribution in [0.15, 0.2) is 22.7 Å². The minimum absolute atomic E-state index is 0.102. The van der Waals surface area contributed by atoms with Crippen LogP contribution in [0.1, 0.15) is 12.0 Å². The van der Waals surface area contributed by atoms with Gasteiger partial charge in [-0.3, -0.25) is 4.79 Å². The molecule has 1 unspecified atom stereocenters. The molecule has 1 N–H and O–H groups in total. The zero-order valence-corrected chi connectivity index (χ0v) is 13.2. The predicted molar refractivity (Wildman–Crippen MR) is 78.7 cm³/mol. The second kappa shape index (κ2) is 6.77. The minimum Gasteiger partial charge on any atom is -0.481 e. The number of hydrogen-bond acceptors (Lipinski definition) is 5. The molecule has 0 bridgehead atoms. The van der Waals surface area contributed by atoms with Crippen molar-refractivity contribution in [2.24, 2.45) is 0 Å². The van der Waals surface area contributed by atoms with Crippen molar-refractivity contribution in [2.75, 3.05) is 7.11 Å². The molecule has 2 rings (SSSR count). The summed E-state index contributed by atoms with van der Waals surface area (Å²) in [4.78, 5) is 10.8. The Kier molecular flexibility index (Phi) is 5.03. The summed E-state index contributed by atoms with van der Waals surface area (Å²) in [6.45, 7) is 2.24. The van der Waals surface area contributed by atoms with Crippen molar-refractivity contribution in [3.05, 3.63) is 28.2 Å². The van der Waals surface area contributed by atoms with E-state index in [1.165, 1.54) is 7.11 Å². The zero-order valence-electron chi connectivity index (χ0n) is 11.7. The monoisotopic (exact) mass is 354 g/mol. The maximum Gasteiger partial charge on any atom is 0.306 e. The van der Waals surface area contributed by atoms with Gasteiger partial charge in [0.05, 0.1) is 19.1 Å². The Balaban J connectivity index is 2.27. The smallest absolute Gasteiger partial charge is 0.306 e. The van der Waals surface area contributed by atoms with Crippen molar-refractivity contribution in [3.8, 4) is 11.4 Å². The van der Waals surface area contributed by atoms with E-state index in [-0.39, 0.29) is 13.0 Å². The van der Waals surface area contributed by atoms with E-state index in [2.05, 4.69) is 31.5 Å². The van der Waals surface area contributed by atoms with Gasteiger partial charge in [0.1, 0.15) is 0 Å². The van der Waals surface area contributed by atoms with E-state index in [9.17, 15) is 4.79 Å². The Labute approximate surface area is 130 Å². The second-order valence-corrected chi connectivity index (χ2v) is 5.52. The van der Waals surface area contributed by atoms with Crippen LogP contribution in [0, 0.1) is 6.92 Å². The number of aliphatic carboxylic acids is 1. The number of carboxylic acid groups (broad SMARTS) is 1. The number of carbonyl (C=O) groups is 1. The van der Waals surface area contributed by atoms with Crippen LogP contribution in [0.25, 0.3) is 11.4 Å². The lowest BCUT2D eigenvalue weighted by Crippen LogP contribution is -2.23. The van der Waals surface area contributed by atoms with Crippen LogP contribution < -0.4 is 0 Å². The lowest BCUT2D eigenvalue weighted by atomic mass is 10.1. The molecule has 0 saturated heterocycles. The first-order valence-electron chi connectivity index (χ1n) is 6.28. The van der Waals surface area contributed by atoms with Crippen molar-refractivity contribution < 1.29 is 14.6 Å². The largest absolute Gasteiger partial charge is 0.481 e. The quantitative estimate of drug-likeness (QED) is 0.851. The van der Waals surface area contributed by atoms with E-state index in [0.717, 1.165) is 15.6 Å². The molecule has 1 aromatic carbocycles. The van der Waals surface area contributed by atoms with Crippen LogP contribution in [-0.4, -0.2) is 44.5 Å². The summed E-state index contributed by atoms with van der Waals surface area (Å²) in [5, 5.41) is 20.5. The number of tetrazole rings is 1. The van der Waals surface area contributed by atoms with Gasteiger partial charge in [-0.2, -0.15) is 0 Å². The number of ether oxygens (including phenoxy) is 1. The van der Waals surface area contributed by atoms with Gasteiger partial charge in [0, 0.05) is 17.1 Å². The van der Waals surface area contributed by atoms with Crippen molar-refractivity contribution >= 4 is 21.9 Å². The van der Waals surface area contributed by atoms with Gasteiger partial charge in [0.15, 0.2) is 5.82 Å². The molecular formula is C13H15BrN4O3. The molecule has 1 atom stereocenters. The number of aryl methyl sites for hydroxylation is 1. The maximum atomic E-state index is 10.8. The molecule has 2 aromatic rings. The van der Waals surface area contributed by atoms with Gasteiger partial charge in [-0.25, -0.2) is 4.68 Å². The molecule has 0 spiro atoms. The molecule has 0 aliphatic carbocycles. The summed E-state index contributed by atoms with van der Waals surface area (Å²) in [6.07, 6.45) is -0.588. The fourth-order valence-corrected chi connectivity index (χ4v) is 2.48. The highest BCUT2D eigenvalue weighted by Gasteiger charge is 2.18. The molecule has 112 valence electrons. The maximum absolute atomic E-state index is 10.8. The van der Waals surface area contributed by atoms with E-state index in [4.69, 9.17) is 9.84 Å². The molecule has 0 saturated carbocycles. The standard InChI is InChI=1S/C13H15BrN4O3/c1-8-5-9(14)3-4-11(8)13-15-16-17-18(13)7-10(21-2)6-12(19)20/h3-5,10H,6-7H2,1-2H3,(H,19,20). The zero-order chi connectivity index (χ0) is 15.4. The summed E-state index contributed by atoms with van der Waals surface area (Å²) in [6, 6.07) is 5.80. The molecule has 1 aromatic heterocycles. The first-order valence-corrected chi connectivity index (χ1v) is 7.08. The summed E-state index contributed by atoms with van der Waals surface area (Å²) in [5.74, 6) is -0.330. The molecule has 0 aliphatic rings. The SMILES string of the molecule is COC(CC(=O)O)Cn1nnnc1-c1ccc(Br)cc1C. The lowest BCUT2D eigenvalue weighted by Gasteiger charge is -2.14. The van der Waals surface area contributed by atoms with Crippen LogP contribution in [0.5, 0.6) is 0 Å². The second-order valence-electron chi connectivity index (χ2n) is 4.60. The molecule has 0 radical (unpaired) electrons. The molecular weight excluding hydrogens is 340 g/mol. The van der Waals surface area contributed by atoms with Gasteiger partial charge in [0.2, 0.25) is 0 Å². The highest BCUT2D eigenvalue weighted by Crippen LogP contribution is 2.24. The fraction of sp³-hybridized carbons (Fsp3) is 0.385. The minimum atomic E-state index is -0.920. The van der Waals surface area contributed by atoms with Crippen LogP contribution in [-0.2, 0) is 16.1 Å². The summed E-state index contributed by atoms with van der Waals surface area (Å²) in [7, 11) is 1.47. The van der Waals surface area contributed by atoms with Gasteiger partial charge in [-0.1, -0.05) is 15.9 Å². The van der Waals surface area contributed by atoms with Crippen molar-refractivity contribution in [1.29, 1.82) is 0 Å². The summed E-state index contributed by atoms with van der Waals surface area (Å²) in [5.41, 5.74) is 1.92. The number of carboxylic acids is 1. The molecule has 8 heteroatoms. The third-order valence-corrected chi connectivity index (χ3v) is 3.57. The van der Waals surface area contributed by atoms with E-state index in [0.29, 0.717) is 5.82 Å². The van der Waals surface area contributed by atoms with E-state index >= 15 is 0 Å². The molecule has 21 heavy (non-hydrogen) atoms. The summed E-state index contributed by atoms with van der Waals surface area (Å²) < 4.78 is 7.71. The molecule has 0 fully saturated rings. The van der Waals surface area contributed by atoms with Crippen molar-refractivity contribution in [1.82, 2.24) is 20.2 Å². The third kappa shape index (κ3) is 3.85. The van der Waals surface area contributed by atoms with Crippen molar-refractivity contribution in [2.45, 2.75) is 26.0 Å².